The number of halogens is 1. The fourth-order valence-corrected chi connectivity index (χ4v) is 4.05. The van der Waals surface area contributed by atoms with Crippen molar-refractivity contribution in [2.24, 2.45) is 5.92 Å². The van der Waals surface area contributed by atoms with Crippen molar-refractivity contribution in [1.29, 1.82) is 0 Å². The summed E-state index contributed by atoms with van der Waals surface area (Å²) in [5.74, 6) is 0.872. The highest BCUT2D eigenvalue weighted by molar-refractivity contribution is 5.88. The Balaban J connectivity index is 1.77. The average Bonchev–Trinajstić information content (AvgIpc) is 3.07. The molecule has 0 aliphatic heterocycles. The van der Waals surface area contributed by atoms with E-state index in [-0.39, 0.29) is 11.7 Å². The van der Waals surface area contributed by atoms with Crippen LogP contribution in [0.25, 0.3) is 11.3 Å². The van der Waals surface area contributed by atoms with Gasteiger partial charge in [0.05, 0.1) is 17.1 Å². The van der Waals surface area contributed by atoms with Gasteiger partial charge >= 0.3 is 0 Å². The molecule has 1 aromatic heterocycles. The molecule has 2 aliphatic rings. The number of hydrogen-bond donors (Lipinski definition) is 1. The summed E-state index contributed by atoms with van der Waals surface area (Å²) in [5.41, 5.74) is 4.55. The first-order chi connectivity index (χ1) is 12.1. The first-order valence-electron chi connectivity index (χ1n) is 9.06. The second kappa shape index (κ2) is 6.54. The number of aryl methyl sites for hydroxylation is 2. The lowest BCUT2D eigenvalue weighted by Crippen LogP contribution is -2.17. The monoisotopic (exact) mass is 339 g/mol. The lowest BCUT2D eigenvalue weighted by Gasteiger charge is -2.21. The number of nitrogens with zero attached hydrogens (tertiary/aromatic N) is 2. The number of anilines is 1. The van der Waals surface area contributed by atoms with Gasteiger partial charge in [0.15, 0.2) is 5.82 Å². The van der Waals surface area contributed by atoms with Gasteiger partial charge in [-0.15, -0.1) is 0 Å². The zero-order chi connectivity index (χ0) is 17.4. The van der Waals surface area contributed by atoms with Gasteiger partial charge in [-0.1, -0.05) is 25.7 Å². The van der Waals surface area contributed by atoms with Gasteiger partial charge in [-0.25, -0.2) is 14.4 Å². The zero-order valence-electron chi connectivity index (χ0n) is 14.4. The summed E-state index contributed by atoms with van der Waals surface area (Å²) in [6.07, 6.45) is 7.25. The van der Waals surface area contributed by atoms with Crippen molar-refractivity contribution >= 4 is 11.7 Å². The summed E-state index contributed by atoms with van der Waals surface area (Å²) in [6.45, 7) is 1.50. The first kappa shape index (κ1) is 16.2. The van der Waals surface area contributed by atoms with Crippen LogP contribution in [-0.4, -0.2) is 15.9 Å². The van der Waals surface area contributed by atoms with Gasteiger partial charge in [0.25, 0.3) is 0 Å². The van der Waals surface area contributed by atoms with Gasteiger partial charge in [-0.2, -0.15) is 0 Å². The van der Waals surface area contributed by atoms with Crippen LogP contribution in [0.15, 0.2) is 18.2 Å². The van der Waals surface area contributed by atoms with Crippen molar-refractivity contribution in [2.45, 2.75) is 51.9 Å². The molecule has 1 heterocycles. The van der Waals surface area contributed by atoms with E-state index < -0.39 is 0 Å². The van der Waals surface area contributed by atoms with Crippen LogP contribution in [0, 0.1) is 11.7 Å². The molecule has 2 aromatic rings. The van der Waals surface area contributed by atoms with Crippen LogP contribution in [0.5, 0.6) is 0 Å². The van der Waals surface area contributed by atoms with Gasteiger partial charge < -0.3 is 5.32 Å². The van der Waals surface area contributed by atoms with Gasteiger partial charge in [0.2, 0.25) is 5.91 Å². The Morgan fingerprint density at radius 3 is 2.80 bits per heavy atom. The zero-order valence-corrected chi connectivity index (χ0v) is 14.4. The molecular formula is C20H22FN3O. The minimum atomic E-state index is -0.212. The SMILES string of the molecule is CC(=O)Nc1nc2c(nc1CC1CCCC1)-c1ccc(F)cc1CC2. The number of amides is 1. The third kappa shape index (κ3) is 3.28. The summed E-state index contributed by atoms with van der Waals surface area (Å²) >= 11 is 0. The van der Waals surface area contributed by atoms with Gasteiger partial charge in [-0.3, -0.25) is 4.79 Å². The summed E-state index contributed by atoms with van der Waals surface area (Å²) < 4.78 is 13.5. The maximum Gasteiger partial charge on any atom is 0.222 e. The van der Waals surface area contributed by atoms with Crippen molar-refractivity contribution in [3.05, 3.63) is 41.0 Å². The summed E-state index contributed by atoms with van der Waals surface area (Å²) in [5, 5.41) is 2.86. The summed E-state index contributed by atoms with van der Waals surface area (Å²) in [7, 11) is 0. The van der Waals surface area contributed by atoms with E-state index in [9.17, 15) is 9.18 Å². The first-order valence-corrected chi connectivity index (χ1v) is 9.06. The molecule has 0 bridgehead atoms. The number of nitrogens with one attached hydrogen (secondary N) is 1. The van der Waals surface area contributed by atoms with E-state index >= 15 is 0 Å². The number of fused-ring (bicyclic) bond motifs is 3. The molecule has 1 fully saturated rings. The molecule has 1 amide bonds. The quantitative estimate of drug-likeness (QED) is 0.917. The van der Waals surface area contributed by atoms with Crippen LogP contribution in [0.3, 0.4) is 0 Å². The molecule has 4 nitrogen and oxygen atoms in total. The van der Waals surface area contributed by atoms with Crippen LogP contribution >= 0.6 is 0 Å². The van der Waals surface area contributed by atoms with Gasteiger partial charge in [0.1, 0.15) is 5.82 Å². The van der Waals surface area contributed by atoms with Gasteiger partial charge in [0, 0.05) is 12.5 Å². The predicted molar refractivity (Wildman–Crippen MR) is 94.8 cm³/mol. The largest absolute Gasteiger partial charge is 0.309 e. The molecule has 0 saturated heterocycles. The van der Waals surface area contributed by atoms with Crippen molar-refractivity contribution in [3.8, 4) is 11.3 Å². The molecule has 2 aliphatic carbocycles. The van der Waals surface area contributed by atoms with Crippen molar-refractivity contribution in [3.63, 3.8) is 0 Å². The lowest BCUT2D eigenvalue weighted by molar-refractivity contribution is -0.114. The Hall–Kier alpha value is -2.30. The number of hydrogen-bond acceptors (Lipinski definition) is 3. The van der Waals surface area contributed by atoms with Crippen LogP contribution in [-0.2, 0) is 24.1 Å². The Kier molecular flexibility index (Phi) is 4.24. The van der Waals surface area contributed by atoms with Crippen LogP contribution in [0.2, 0.25) is 0 Å². The Morgan fingerprint density at radius 2 is 2.04 bits per heavy atom. The van der Waals surface area contributed by atoms with E-state index in [1.807, 2.05) is 0 Å². The number of aromatic nitrogens is 2. The van der Waals surface area contributed by atoms with Crippen molar-refractivity contribution in [1.82, 2.24) is 9.97 Å². The Labute approximate surface area is 146 Å². The van der Waals surface area contributed by atoms with E-state index in [0.717, 1.165) is 47.5 Å². The second-order valence-corrected chi connectivity index (χ2v) is 7.15. The normalized spacial score (nSPS) is 16.4. The van der Waals surface area contributed by atoms with Crippen LogP contribution < -0.4 is 5.32 Å². The smallest absolute Gasteiger partial charge is 0.222 e. The van der Waals surface area contributed by atoms with E-state index in [1.54, 1.807) is 12.1 Å². The number of carbonyl (C=O) groups is 1. The molecule has 4 rings (SSSR count). The third-order valence-electron chi connectivity index (χ3n) is 5.24. The third-order valence-corrected chi connectivity index (χ3v) is 5.24. The second-order valence-electron chi connectivity index (χ2n) is 7.15. The van der Waals surface area contributed by atoms with E-state index in [1.165, 1.54) is 38.7 Å². The van der Waals surface area contributed by atoms with Crippen LogP contribution in [0.1, 0.15) is 49.6 Å². The minimum Gasteiger partial charge on any atom is -0.309 e. The fraction of sp³-hybridized carbons (Fsp3) is 0.450. The topological polar surface area (TPSA) is 54.9 Å². The average molecular weight is 339 g/mol. The number of rotatable bonds is 3. The maximum atomic E-state index is 13.5. The molecule has 0 spiro atoms. The van der Waals surface area contributed by atoms with Crippen molar-refractivity contribution < 1.29 is 9.18 Å². The number of benzene rings is 1. The highest BCUT2D eigenvalue weighted by atomic mass is 19.1. The lowest BCUT2D eigenvalue weighted by atomic mass is 9.91. The summed E-state index contributed by atoms with van der Waals surface area (Å²) in [4.78, 5) is 21.2. The molecule has 0 atom stereocenters. The molecule has 25 heavy (non-hydrogen) atoms. The standard InChI is InChI=1S/C20H22FN3O/c1-12(25)22-20-18(10-13-4-2-3-5-13)23-19-16-8-7-15(21)11-14(16)6-9-17(19)24-20/h7-8,11,13H,2-6,9-10H2,1H3,(H,22,24,25). The van der Waals surface area contributed by atoms with E-state index in [2.05, 4.69) is 5.32 Å². The van der Waals surface area contributed by atoms with E-state index in [0.29, 0.717) is 11.7 Å². The van der Waals surface area contributed by atoms with Crippen molar-refractivity contribution in [2.75, 3.05) is 5.32 Å². The Bertz CT molecular complexity index is 828. The maximum absolute atomic E-state index is 13.5. The van der Waals surface area contributed by atoms with E-state index in [4.69, 9.17) is 9.97 Å². The molecule has 0 unspecified atom stereocenters. The fourth-order valence-electron chi connectivity index (χ4n) is 4.05. The molecular weight excluding hydrogens is 317 g/mol. The minimum absolute atomic E-state index is 0.125. The molecule has 0 radical (unpaired) electrons. The summed E-state index contributed by atoms with van der Waals surface area (Å²) in [6, 6.07) is 4.88. The molecule has 1 N–H and O–H groups in total. The van der Waals surface area contributed by atoms with Gasteiger partial charge in [-0.05, 0) is 48.9 Å². The molecule has 5 heteroatoms. The molecule has 1 saturated carbocycles. The molecule has 130 valence electrons. The Morgan fingerprint density at radius 1 is 1.24 bits per heavy atom. The predicted octanol–water partition coefficient (Wildman–Crippen LogP) is 4.07. The number of carbonyl (C=O) groups excluding carboxylic acids is 1. The molecule has 1 aromatic carbocycles. The highest BCUT2D eigenvalue weighted by Crippen LogP contribution is 2.35. The van der Waals surface area contributed by atoms with Crippen LogP contribution in [0.4, 0.5) is 10.2 Å². The highest BCUT2D eigenvalue weighted by Gasteiger charge is 2.24.